The number of thiophene rings is 1. The lowest BCUT2D eigenvalue weighted by Crippen LogP contribution is -2.01. The summed E-state index contributed by atoms with van der Waals surface area (Å²) < 4.78 is 6.51. The van der Waals surface area contributed by atoms with E-state index < -0.39 is 0 Å². The van der Waals surface area contributed by atoms with Gasteiger partial charge in [0.1, 0.15) is 5.75 Å². The molecule has 1 aromatic carbocycles. The summed E-state index contributed by atoms with van der Waals surface area (Å²) in [6, 6.07) is 9.81. The van der Waals surface area contributed by atoms with Crippen LogP contribution < -0.4 is 10.5 Å². The average Bonchev–Trinajstić information content (AvgIpc) is 2.77. The van der Waals surface area contributed by atoms with E-state index in [0.29, 0.717) is 12.3 Å². The largest absolute Gasteiger partial charge is 0.492 e. The van der Waals surface area contributed by atoms with Gasteiger partial charge in [-0.05, 0) is 39.5 Å². The van der Waals surface area contributed by atoms with E-state index in [9.17, 15) is 0 Å². The van der Waals surface area contributed by atoms with Crippen LogP contribution in [0.1, 0.15) is 4.88 Å². The van der Waals surface area contributed by atoms with E-state index in [1.165, 1.54) is 4.88 Å². The van der Waals surface area contributed by atoms with Gasteiger partial charge in [-0.2, -0.15) is 0 Å². The van der Waals surface area contributed by atoms with Crippen LogP contribution >= 0.6 is 27.3 Å². The molecule has 0 saturated carbocycles. The number of hydrogen-bond acceptors (Lipinski definition) is 3. The Morgan fingerprint density at radius 1 is 1.25 bits per heavy atom. The molecule has 0 bridgehead atoms. The minimum Gasteiger partial charge on any atom is -0.492 e. The number of benzene rings is 1. The van der Waals surface area contributed by atoms with Gasteiger partial charge in [-0.25, -0.2) is 0 Å². The molecule has 0 radical (unpaired) electrons. The third-order valence-corrected chi connectivity index (χ3v) is 3.96. The van der Waals surface area contributed by atoms with E-state index in [-0.39, 0.29) is 0 Å². The van der Waals surface area contributed by atoms with Gasteiger partial charge >= 0.3 is 0 Å². The van der Waals surface area contributed by atoms with Crippen molar-refractivity contribution in [2.75, 3.05) is 12.3 Å². The van der Waals surface area contributed by atoms with Crippen molar-refractivity contribution in [3.63, 3.8) is 0 Å². The molecule has 84 valence electrons. The molecule has 1 heterocycles. The Hall–Kier alpha value is -1.00. The molecule has 0 aliphatic heterocycles. The number of rotatable bonds is 4. The molecule has 2 nitrogen and oxygen atoms in total. The molecule has 2 rings (SSSR count). The third kappa shape index (κ3) is 2.77. The van der Waals surface area contributed by atoms with Gasteiger partial charge in [0.05, 0.1) is 11.1 Å². The van der Waals surface area contributed by atoms with E-state index in [4.69, 9.17) is 10.5 Å². The second-order valence-corrected chi connectivity index (χ2v) is 5.16. The maximum absolute atomic E-state index is 5.76. The lowest BCUT2D eigenvalue weighted by molar-refractivity contribution is 0.321. The molecule has 0 atom stereocenters. The fourth-order valence-corrected chi connectivity index (χ4v) is 2.42. The first-order chi connectivity index (χ1) is 7.77. The molecule has 1 aromatic heterocycles. The lowest BCUT2D eigenvalue weighted by Gasteiger charge is -2.08. The number of hydrogen-bond donors (Lipinski definition) is 1. The summed E-state index contributed by atoms with van der Waals surface area (Å²) in [5.41, 5.74) is 6.46. The molecule has 0 saturated heterocycles. The second-order valence-electron chi connectivity index (χ2n) is 3.34. The molecule has 16 heavy (non-hydrogen) atoms. The molecule has 0 amide bonds. The van der Waals surface area contributed by atoms with Crippen molar-refractivity contribution >= 4 is 33.0 Å². The van der Waals surface area contributed by atoms with Gasteiger partial charge in [0, 0.05) is 17.0 Å². The van der Waals surface area contributed by atoms with Gasteiger partial charge in [-0.15, -0.1) is 11.3 Å². The molecule has 0 aliphatic rings. The van der Waals surface area contributed by atoms with Crippen LogP contribution in [0.4, 0.5) is 5.69 Å². The van der Waals surface area contributed by atoms with Crippen molar-refractivity contribution in [2.24, 2.45) is 0 Å². The Labute approximate surface area is 107 Å². The molecule has 2 N–H and O–H groups in total. The standard InChI is InChI=1S/C12H12BrNOS/c13-12-10(14)4-1-5-11(12)15-7-6-9-3-2-8-16-9/h1-5,8H,6-7,14H2. The number of halogens is 1. The summed E-state index contributed by atoms with van der Waals surface area (Å²) in [4.78, 5) is 1.33. The topological polar surface area (TPSA) is 35.2 Å². The minimum atomic E-state index is 0.669. The number of anilines is 1. The predicted octanol–water partition coefficient (Wildman–Crippen LogP) is 3.71. The highest BCUT2D eigenvalue weighted by atomic mass is 79.9. The normalized spacial score (nSPS) is 10.3. The zero-order chi connectivity index (χ0) is 11.4. The first-order valence-corrected chi connectivity index (χ1v) is 6.64. The summed E-state index contributed by atoms with van der Waals surface area (Å²) in [5.74, 6) is 0.802. The average molecular weight is 298 g/mol. The van der Waals surface area contributed by atoms with E-state index in [1.54, 1.807) is 11.3 Å². The highest BCUT2D eigenvalue weighted by molar-refractivity contribution is 9.10. The van der Waals surface area contributed by atoms with Crippen molar-refractivity contribution in [3.8, 4) is 5.75 Å². The van der Waals surface area contributed by atoms with Gasteiger partial charge in [0.2, 0.25) is 0 Å². The fourth-order valence-electron chi connectivity index (χ4n) is 1.36. The maximum Gasteiger partial charge on any atom is 0.135 e. The maximum atomic E-state index is 5.76. The van der Waals surface area contributed by atoms with E-state index in [1.807, 2.05) is 18.2 Å². The van der Waals surface area contributed by atoms with Crippen molar-refractivity contribution in [1.82, 2.24) is 0 Å². The molecule has 0 unspecified atom stereocenters. The molecule has 2 aromatic rings. The van der Waals surface area contributed by atoms with Crippen LogP contribution in [-0.2, 0) is 6.42 Å². The van der Waals surface area contributed by atoms with E-state index >= 15 is 0 Å². The Morgan fingerprint density at radius 3 is 2.88 bits per heavy atom. The van der Waals surface area contributed by atoms with Crippen LogP contribution in [0.25, 0.3) is 0 Å². The Balaban J connectivity index is 1.92. The molecule has 4 heteroatoms. The van der Waals surface area contributed by atoms with Crippen molar-refractivity contribution in [3.05, 3.63) is 45.1 Å². The molecular formula is C12H12BrNOS. The monoisotopic (exact) mass is 297 g/mol. The van der Waals surface area contributed by atoms with Crippen LogP contribution in [0.3, 0.4) is 0 Å². The molecular weight excluding hydrogens is 286 g/mol. The van der Waals surface area contributed by atoms with Gasteiger partial charge in [0.25, 0.3) is 0 Å². The molecule has 0 fully saturated rings. The summed E-state index contributed by atoms with van der Waals surface area (Å²) >= 11 is 5.16. The van der Waals surface area contributed by atoms with E-state index in [2.05, 4.69) is 33.4 Å². The van der Waals surface area contributed by atoms with Crippen LogP contribution in [0.5, 0.6) is 5.75 Å². The van der Waals surface area contributed by atoms with Crippen LogP contribution in [0.15, 0.2) is 40.2 Å². The van der Waals surface area contributed by atoms with Crippen LogP contribution in [0, 0.1) is 0 Å². The van der Waals surface area contributed by atoms with Crippen molar-refractivity contribution in [1.29, 1.82) is 0 Å². The summed E-state index contributed by atoms with van der Waals surface area (Å²) in [5, 5.41) is 2.08. The number of ether oxygens (including phenoxy) is 1. The third-order valence-electron chi connectivity index (χ3n) is 2.18. The minimum absolute atomic E-state index is 0.669. The summed E-state index contributed by atoms with van der Waals surface area (Å²) in [7, 11) is 0. The quantitative estimate of drug-likeness (QED) is 0.873. The van der Waals surface area contributed by atoms with Crippen LogP contribution in [-0.4, -0.2) is 6.61 Å². The Morgan fingerprint density at radius 2 is 2.12 bits per heavy atom. The SMILES string of the molecule is Nc1cccc(OCCc2cccs2)c1Br. The smallest absolute Gasteiger partial charge is 0.135 e. The van der Waals surface area contributed by atoms with Crippen molar-refractivity contribution in [2.45, 2.75) is 6.42 Å². The van der Waals surface area contributed by atoms with Crippen molar-refractivity contribution < 1.29 is 4.74 Å². The van der Waals surface area contributed by atoms with Crippen LogP contribution in [0.2, 0.25) is 0 Å². The second kappa shape index (κ2) is 5.37. The van der Waals surface area contributed by atoms with Gasteiger partial charge < -0.3 is 10.5 Å². The highest BCUT2D eigenvalue weighted by Crippen LogP contribution is 2.30. The molecule has 0 spiro atoms. The lowest BCUT2D eigenvalue weighted by atomic mass is 10.3. The zero-order valence-electron chi connectivity index (χ0n) is 8.65. The molecule has 0 aliphatic carbocycles. The van der Waals surface area contributed by atoms with Gasteiger partial charge in [-0.3, -0.25) is 0 Å². The highest BCUT2D eigenvalue weighted by Gasteiger charge is 2.03. The first kappa shape index (κ1) is 11.5. The van der Waals surface area contributed by atoms with Gasteiger partial charge in [0.15, 0.2) is 0 Å². The summed E-state index contributed by atoms with van der Waals surface area (Å²) in [6.07, 6.45) is 0.929. The Bertz CT molecular complexity index is 456. The van der Waals surface area contributed by atoms with E-state index in [0.717, 1.165) is 16.6 Å². The fraction of sp³-hybridized carbons (Fsp3) is 0.167. The number of nitrogen functional groups attached to an aromatic ring is 1. The first-order valence-electron chi connectivity index (χ1n) is 4.96. The zero-order valence-corrected chi connectivity index (χ0v) is 11.1. The Kier molecular flexibility index (Phi) is 3.85. The number of nitrogens with two attached hydrogens (primary N) is 1. The van der Waals surface area contributed by atoms with Gasteiger partial charge in [-0.1, -0.05) is 12.1 Å². The summed E-state index contributed by atoms with van der Waals surface area (Å²) in [6.45, 7) is 0.669. The predicted molar refractivity (Wildman–Crippen MR) is 72.1 cm³/mol.